The maximum absolute atomic E-state index is 13.3. The molecule has 1 aromatic carbocycles. The Labute approximate surface area is 215 Å². The number of likely N-dealkylation sites (tertiary alicyclic amines) is 1. The molecule has 2 unspecified atom stereocenters. The van der Waals surface area contributed by atoms with E-state index >= 15 is 0 Å². The van der Waals surface area contributed by atoms with Crippen molar-refractivity contribution in [3.05, 3.63) is 29.8 Å². The minimum Gasteiger partial charge on any atom is -0.494 e. The van der Waals surface area contributed by atoms with E-state index < -0.39 is 5.60 Å². The van der Waals surface area contributed by atoms with Gasteiger partial charge in [0.15, 0.2) is 0 Å². The molecule has 1 aliphatic heterocycles. The van der Waals surface area contributed by atoms with Crippen molar-refractivity contribution in [3.8, 4) is 5.75 Å². The van der Waals surface area contributed by atoms with E-state index in [0.29, 0.717) is 35.8 Å². The lowest BCUT2D eigenvalue weighted by atomic mass is 9.52. The van der Waals surface area contributed by atoms with Crippen LogP contribution in [0, 0.1) is 23.7 Å². The van der Waals surface area contributed by atoms with E-state index in [9.17, 15) is 14.7 Å². The van der Waals surface area contributed by atoms with Gasteiger partial charge in [-0.2, -0.15) is 0 Å². The third-order valence-corrected chi connectivity index (χ3v) is 9.28. The number of rotatable bonds is 8. The largest absolute Gasteiger partial charge is 0.494 e. The lowest BCUT2D eigenvalue weighted by Crippen LogP contribution is -2.61. The topological polar surface area (TPSA) is 82.1 Å². The van der Waals surface area contributed by atoms with Gasteiger partial charge in [0.1, 0.15) is 5.75 Å². The van der Waals surface area contributed by atoms with Gasteiger partial charge in [-0.05, 0) is 106 Å². The predicted molar refractivity (Wildman–Crippen MR) is 139 cm³/mol. The monoisotopic (exact) mass is 497 g/mol. The molecular formula is C29H43N3O4. The number of carbonyl (C=O) groups is 2. The number of nitrogens with zero attached hydrogens (tertiary/aromatic N) is 2. The second kappa shape index (κ2) is 10.6. The Balaban J connectivity index is 1.07. The average molecular weight is 498 g/mol. The number of nitrogens with one attached hydrogen (secondary N) is 1. The molecule has 36 heavy (non-hydrogen) atoms. The molecule has 1 saturated heterocycles. The maximum Gasteiger partial charge on any atom is 0.317 e. The summed E-state index contributed by atoms with van der Waals surface area (Å²) in [6, 6.07) is 7.88. The molecule has 4 aliphatic carbocycles. The highest BCUT2D eigenvalue weighted by molar-refractivity contribution is 5.94. The van der Waals surface area contributed by atoms with Crippen LogP contribution < -0.4 is 10.1 Å². The molecule has 6 rings (SSSR count). The quantitative estimate of drug-likeness (QED) is 0.561. The van der Waals surface area contributed by atoms with Crippen LogP contribution in [-0.4, -0.2) is 71.8 Å². The number of hydrogen-bond donors (Lipinski definition) is 2. The summed E-state index contributed by atoms with van der Waals surface area (Å²) in [6.45, 7) is 5.07. The van der Waals surface area contributed by atoms with Crippen molar-refractivity contribution >= 4 is 11.9 Å². The van der Waals surface area contributed by atoms with Gasteiger partial charge in [0.05, 0.1) is 12.2 Å². The number of amides is 3. The Kier molecular flexibility index (Phi) is 7.47. The van der Waals surface area contributed by atoms with Crippen molar-refractivity contribution in [2.75, 3.05) is 33.3 Å². The Hall–Kier alpha value is -2.28. The van der Waals surface area contributed by atoms with Crippen LogP contribution in [0.1, 0.15) is 75.1 Å². The summed E-state index contributed by atoms with van der Waals surface area (Å²) in [4.78, 5) is 29.3. The van der Waals surface area contributed by atoms with Gasteiger partial charge in [0.25, 0.3) is 5.91 Å². The Bertz CT molecular complexity index is 911. The summed E-state index contributed by atoms with van der Waals surface area (Å²) in [6.07, 6.45) is 8.93. The van der Waals surface area contributed by atoms with Crippen LogP contribution in [0.25, 0.3) is 0 Å². The number of piperidine rings is 1. The first-order valence-electron chi connectivity index (χ1n) is 14.1. The fourth-order valence-corrected chi connectivity index (χ4v) is 7.73. The van der Waals surface area contributed by atoms with E-state index in [-0.39, 0.29) is 18.0 Å². The molecule has 1 heterocycles. The SMILES string of the molecule is CCCNC(=O)N1CCC(CCOc2ccc(C(=O)N(C)C3C4CC5CC3CC(O)(C5)C4)cc2)CC1. The highest BCUT2D eigenvalue weighted by atomic mass is 16.5. The van der Waals surface area contributed by atoms with E-state index in [1.54, 1.807) is 0 Å². The van der Waals surface area contributed by atoms with E-state index in [1.165, 1.54) is 0 Å². The second-order valence-electron chi connectivity index (χ2n) is 11.9. The average Bonchev–Trinajstić information content (AvgIpc) is 2.86. The number of hydrogen-bond acceptors (Lipinski definition) is 4. The first-order valence-corrected chi connectivity index (χ1v) is 14.1. The van der Waals surface area contributed by atoms with Crippen LogP contribution in [0.3, 0.4) is 0 Å². The summed E-state index contributed by atoms with van der Waals surface area (Å²) >= 11 is 0. The molecule has 1 aromatic rings. The van der Waals surface area contributed by atoms with Crippen LogP contribution in [0.15, 0.2) is 24.3 Å². The second-order valence-corrected chi connectivity index (χ2v) is 11.9. The van der Waals surface area contributed by atoms with E-state index in [4.69, 9.17) is 4.74 Å². The maximum atomic E-state index is 13.3. The van der Waals surface area contributed by atoms with Crippen LogP contribution in [0.4, 0.5) is 4.79 Å². The number of urea groups is 1. The van der Waals surface area contributed by atoms with Gasteiger partial charge in [-0.1, -0.05) is 6.92 Å². The third-order valence-electron chi connectivity index (χ3n) is 9.28. The minimum absolute atomic E-state index is 0.0625. The van der Waals surface area contributed by atoms with Crippen molar-refractivity contribution in [3.63, 3.8) is 0 Å². The van der Waals surface area contributed by atoms with Crippen molar-refractivity contribution in [1.29, 1.82) is 0 Å². The lowest BCUT2D eigenvalue weighted by Gasteiger charge is -2.59. The lowest BCUT2D eigenvalue weighted by molar-refractivity contribution is -0.152. The Morgan fingerprint density at radius 1 is 1.11 bits per heavy atom. The normalized spacial score (nSPS) is 31.4. The van der Waals surface area contributed by atoms with Gasteiger partial charge in [-0.25, -0.2) is 4.79 Å². The molecule has 7 heteroatoms. The molecule has 0 radical (unpaired) electrons. The van der Waals surface area contributed by atoms with Gasteiger partial charge in [0.2, 0.25) is 0 Å². The summed E-state index contributed by atoms with van der Waals surface area (Å²) in [5.74, 6) is 2.93. The number of benzene rings is 1. The summed E-state index contributed by atoms with van der Waals surface area (Å²) in [5, 5.41) is 13.8. The van der Waals surface area contributed by atoms with Gasteiger partial charge >= 0.3 is 6.03 Å². The van der Waals surface area contributed by atoms with Crippen LogP contribution in [0.5, 0.6) is 5.75 Å². The van der Waals surface area contributed by atoms with E-state index in [0.717, 1.165) is 83.2 Å². The van der Waals surface area contributed by atoms with Gasteiger partial charge < -0.3 is 25.0 Å². The molecule has 5 aliphatic rings. The summed E-state index contributed by atoms with van der Waals surface area (Å²) < 4.78 is 5.99. The first-order chi connectivity index (χ1) is 17.3. The fourth-order valence-electron chi connectivity index (χ4n) is 7.73. The number of ether oxygens (including phenoxy) is 1. The van der Waals surface area contributed by atoms with Crippen LogP contribution in [0.2, 0.25) is 0 Å². The molecule has 0 aromatic heterocycles. The first kappa shape index (κ1) is 25.4. The predicted octanol–water partition coefficient (Wildman–Crippen LogP) is 4.30. The van der Waals surface area contributed by atoms with Gasteiger partial charge in [-0.3, -0.25) is 4.79 Å². The van der Waals surface area contributed by atoms with Crippen molar-refractivity contribution in [2.24, 2.45) is 23.7 Å². The highest BCUT2D eigenvalue weighted by Crippen LogP contribution is 2.56. The van der Waals surface area contributed by atoms with E-state index in [1.807, 2.05) is 41.1 Å². The standard InChI is InChI=1S/C29H43N3O4/c1-3-11-30-28(34)32-12-8-20(9-13-32)10-14-36-25-6-4-22(5-7-25)27(33)31(2)26-23-15-21-16-24(26)19-29(35,17-21)18-23/h4-7,20-21,23-24,26,35H,3,8-19H2,1-2H3,(H,30,34). The molecule has 5 fully saturated rings. The minimum atomic E-state index is -0.476. The highest BCUT2D eigenvalue weighted by Gasteiger charge is 2.56. The van der Waals surface area contributed by atoms with E-state index in [2.05, 4.69) is 12.2 Å². The third kappa shape index (κ3) is 5.36. The Morgan fingerprint density at radius 2 is 1.78 bits per heavy atom. The molecule has 2 N–H and O–H groups in total. The Morgan fingerprint density at radius 3 is 2.39 bits per heavy atom. The zero-order valence-electron chi connectivity index (χ0n) is 22.0. The number of carbonyl (C=O) groups excluding carboxylic acids is 2. The van der Waals surface area contributed by atoms with Gasteiger partial charge in [-0.15, -0.1) is 0 Å². The smallest absolute Gasteiger partial charge is 0.317 e. The molecule has 4 saturated carbocycles. The molecule has 3 amide bonds. The van der Waals surface area contributed by atoms with Crippen molar-refractivity contribution in [1.82, 2.24) is 15.1 Å². The molecule has 0 spiro atoms. The summed E-state index contributed by atoms with van der Waals surface area (Å²) in [5.41, 5.74) is 0.224. The number of aliphatic hydroxyl groups is 1. The zero-order valence-corrected chi connectivity index (χ0v) is 22.0. The van der Waals surface area contributed by atoms with Crippen LogP contribution >= 0.6 is 0 Å². The summed E-state index contributed by atoms with van der Waals surface area (Å²) in [7, 11) is 1.95. The fraction of sp³-hybridized carbons (Fsp3) is 0.724. The zero-order chi connectivity index (χ0) is 25.3. The van der Waals surface area contributed by atoms with Crippen molar-refractivity contribution in [2.45, 2.75) is 76.4 Å². The molecule has 7 nitrogen and oxygen atoms in total. The van der Waals surface area contributed by atoms with Crippen molar-refractivity contribution < 1.29 is 19.4 Å². The molecule has 2 atom stereocenters. The molecular weight excluding hydrogens is 454 g/mol. The van der Waals surface area contributed by atoms with Gasteiger partial charge in [0, 0.05) is 38.3 Å². The van der Waals surface area contributed by atoms with Crippen LogP contribution in [-0.2, 0) is 0 Å². The molecule has 4 bridgehead atoms. The molecule has 198 valence electrons.